The Hall–Kier alpha value is -2.04. The molecule has 1 N–H and O–H groups in total. The number of nitrogens with one attached hydrogen (secondary N) is 1. The van der Waals surface area contributed by atoms with E-state index in [1.54, 1.807) is 29.2 Å². The number of benzene rings is 2. The molecular formula is C19H18Cl2N2O2. The van der Waals surface area contributed by atoms with Crippen LogP contribution in [0.3, 0.4) is 0 Å². The van der Waals surface area contributed by atoms with E-state index in [-0.39, 0.29) is 24.2 Å². The molecule has 2 aromatic carbocycles. The average molecular weight is 377 g/mol. The first-order chi connectivity index (χ1) is 12.0. The Kier molecular flexibility index (Phi) is 5.61. The summed E-state index contributed by atoms with van der Waals surface area (Å²) in [6.45, 7) is 1.05. The molecule has 130 valence electrons. The summed E-state index contributed by atoms with van der Waals surface area (Å²) < 4.78 is 0. The van der Waals surface area contributed by atoms with Crippen LogP contribution in [-0.4, -0.2) is 29.8 Å². The monoisotopic (exact) mass is 376 g/mol. The molecule has 3 rings (SSSR count). The first kappa shape index (κ1) is 17.8. The van der Waals surface area contributed by atoms with E-state index in [0.717, 1.165) is 12.0 Å². The van der Waals surface area contributed by atoms with Gasteiger partial charge in [0.25, 0.3) is 0 Å². The molecule has 1 aliphatic rings. The Morgan fingerprint density at radius 3 is 2.28 bits per heavy atom. The molecule has 1 fully saturated rings. The number of carbonyl (C=O) groups is 2. The molecule has 1 saturated heterocycles. The number of anilines is 1. The number of hydrogen-bond acceptors (Lipinski definition) is 2. The first-order valence-electron chi connectivity index (χ1n) is 8.10. The Morgan fingerprint density at radius 2 is 1.64 bits per heavy atom. The summed E-state index contributed by atoms with van der Waals surface area (Å²) >= 11 is 11.7. The third-order valence-electron chi connectivity index (χ3n) is 4.28. The summed E-state index contributed by atoms with van der Waals surface area (Å²) in [7, 11) is 0. The molecule has 2 aromatic rings. The van der Waals surface area contributed by atoms with Gasteiger partial charge in [-0.05, 0) is 48.4 Å². The molecule has 0 aliphatic carbocycles. The van der Waals surface area contributed by atoms with Crippen molar-refractivity contribution in [3.05, 3.63) is 64.1 Å². The van der Waals surface area contributed by atoms with Gasteiger partial charge in [0.1, 0.15) is 0 Å². The third kappa shape index (κ3) is 4.74. The minimum atomic E-state index is -0.326. The summed E-state index contributed by atoms with van der Waals surface area (Å²) in [5, 5.41) is 4.15. The topological polar surface area (TPSA) is 49.4 Å². The van der Waals surface area contributed by atoms with Crippen LogP contribution in [0.15, 0.2) is 48.5 Å². The predicted molar refractivity (Wildman–Crippen MR) is 99.9 cm³/mol. The van der Waals surface area contributed by atoms with Crippen molar-refractivity contribution in [3.8, 4) is 0 Å². The third-order valence-corrected chi connectivity index (χ3v) is 4.78. The van der Waals surface area contributed by atoms with Gasteiger partial charge < -0.3 is 10.2 Å². The molecule has 0 radical (unpaired) electrons. The average Bonchev–Trinajstić information content (AvgIpc) is 2.97. The number of halogens is 2. The fraction of sp³-hybridized carbons (Fsp3) is 0.263. The van der Waals surface area contributed by atoms with Crippen molar-refractivity contribution in [1.82, 2.24) is 4.90 Å². The molecule has 0 aromatic heterocycles. The van der Waals surface area contributed by atoms with Crippen LogP contribution in [0.2, 0.25) is 10.0 Å². The van der Waals surface area contributed by atoms with Crippen LogP contribution in [0.1, 0.15) is 12.0 Å². The molecule has 1 heterocycles. The lowest BCUT2D eigenvalue weighted by Crippen LogP contribution is -2.30. The number of amides is 2. The van der Waals surface area contributed by atoms with E-state index in [2.05, 4.69) is 5.32 Å². The summed E-state index contributed by atoms with van der Waals surface area (Å²) in [6, 6.07) is 14.5. The number of likely N-dealkylation sites (tertiary alicyclic amines) is 1. The Labute approximate surface area is 156 Å². The van der Waals surface area contributed by atoms with Crippen LogP contribution in [0.25, 0.3) is 0 Å². The SMILES string of the molecule is O=C(Nc1ccc(Cl)cc1)[C@H]1CC(=O)N(CCc2ccc(Cl)cc2)C1. The molecule has 25 heavy (non-hydrogen) atoms. The van der Waals surface area contributed by atoms with Crippen molar-refractivity contribution in [2.75, 3.05) is 18.4 Å². The number of rotatable bonds is 5. The zero-order valence-corrected chi connectivity index (χ0v) is 15.1. The van der Waals surface area contributed by atoms with Crippen molar-refractivity contribution in [1.29, 1.82) is 0 Å². The van der Waals surface area contributed by atoms with Crippen LogP contribution < -0.4 is 5.32 Å². The molecule has 6 heteroatoms. The van der Waals surface area contributed by atoms with Gasteiger partial charge in [0, 0.05) is 35.2 Å². The second-order valence-corrected chi connectivity index (χ2v) is 6.99. The molecule has 2 amide bonds. The minimum absolute atomic E-state index is 0.0187. The fourth-order valence-electron chi connectivity index (χ4n) is 2.86. The summed E-state index contributed by atoms with van der Waals surface area (Å²) in [6.07, 6.45) is 0.995. The van der Waals surface area contributed by atoms with Crippen molar-refractivity contribution in [2.24, 2.45) is 5.92 Å². The van der Waals surface area contributed by atoms with Crippen LogP contribution in [-0.2, 0) is 16.0 Å². The Bertz CT molecular complexity index is 760. The van der Waals surface area contributed by atoms with Gasteiger partial charge in [0.2, 0.25) is 11.8 Å². The molecule has 0 unspecified atom stereocenters. The molecule has 1 aliphatic heterocycles. The van der Waals surface area contributed by atoms with E-state index in [9.17, 15) is 9.59 Å². The molecular weight excluding hydrogens is 359 g/mol. The minimum Gasteiger partial charge on any atom is -0.342 e. The second-order valence-electron chi connectivity index (χ2n) is 6.11. The van der Waals surface area contributed by atoms with E-state index >= 15 is 0 Å². The van der Waals surface area contributed by atoms with Crippen molar-refractivity contribution in [2.45, 2.75) is 12.8 Å². The van der Waals surface area contributed by atoms with Gasteiger partial charge in [-0.2, -0.15) is 0 Å². The van der Waals surface area contributed by atoms with Gasteiger partial charge in [0.15, 0.2) is 0 Å². The van der Waals surface area contributed by atoms with E-state index in [1.165, 1.54) is 0 Å². The van der Waals surface area contributed by atoms with Gasteiger partial charge in [0.05, 0.1) is 5.92 Å². The van der Waals surface area contributed by atoms with Crippen molar-refractivity contribution >= 4 is 40.7 Å². The molecule has 1 atom stereocenters. The molecule has 0 spiro atoms. The van der Waals surface area contributed by atoms with Crippen LogP contribution in [0.4, 0.5) is 5.69 Å². The Morgan fingerprint density at radius 1 is 1.04 bits per heavy atom. The number of carbonyl (C=O) groups excluding carboxylic acids is 2. The van der Waals surface area contributed by atoms with Gasteiger partial charge in [-0.3, -0.25) is 9.59 Å². The largest absolute Gasteiger partial charge is 0.342 e. The zero-order valence-electron chi connectivity index (χ0n) is 13.5. The molecule has 4 nitrogen and oxygen atoms in total. The normalized spacial score (nSPS) is 17.0. The lowest BCUT2D eigenvalue weighted by molar-refractivity contribution is -0.128. The Balaban J connectivity index is 1.53. The van der Waals surface area contributed by atoms with Crippen molar-refractivity contribution < 1.29 is 9.59 Å². The van der Waals surface area contributed by atoms with Crippen LogP contribution in [0.5, 0.6) is 0 Å². The van der Waals surface area contributed by atoms with Gasteiger partial charge in [-0.15, -0.1) is 0 Å². The summed E-state index contributed by atoms with van der Waals surface area (Å²) in [4.78, 5) is 26.3. The first-order valence-corrected chi connectivity index (χ1v) is 8.85. The van der Waals surface area contributed by atoms with E-state index in [1.807, 2.05) is 24.3 Å². The molecule has 0 bridgehead atoms. The van der Waals surface area contributed by atoms with Gasteiger partial charge in [-0.1, -0.05) is 35.3 Å². The number of nitrogens with zero attached hydrogens (tertiary/aromatic N) is 1. The lowest BCUT2D eigenvalue weighted by atomic mass is 10.1. The highest BCUT2D eigenvalue weighted by Gasteiger charge is 2.33. The standard InChI is InChI=1S/C19H18Cl2N2O2/c20-15-3-1-13(2-4-15)9-10-23-12-14(11-18(23)24)19(25)22-17-7-5-16(21)6-8-17/h1-8,14H,9-12H2,(H,22,25)/t14-/m0/s1. The van der Waals surface area contributed by atoms with Crippen LogP contribution >= 0.6 is 23.2 Å². The highest BCUT2D eigenvalue weighted by atomic mass is 35.5. The summed E-state index contributed by atoms with van der Waals surface area (Å²) in [5.74, 6) is -0.441. The highest BCUT2D eigenvalue weighted by molar-refractivity contribution is 6.30. The van der Waals surface area contributed by atoms with E-state index in [4.69, 9.17) is 23.2 Å². The highest BCUT2D eigenvalue weighted by Crippen LogP contribution is 2.21. The second kappa shape index (κ2) is 7.89. The number of hydrogen-bond donors (Lipinski definition) is 1. The molecule has 0 saturated carbocycles. The maximum Gasteiger partial charge on any atom is 0.229 e. The lowest BCUT2D eigenvalue weighted by Gasteiger charge is -2.16. The van der Waals surface area contributed by atoms with Crippen molar-refractivity contribution in [3.63, 3.8) is 0 Å². The fourth-order valence-corrected chi connectivity index (χ4v) is 3.11. The summed E-state index contributed by atoms with van der Waals surface area (Å²) in [5.41, 5.74) is 1.80. The zero-order chi connectivity index (χ0) is 17.8. The van der Waals surface area contributed by atoms with E-state index in [0.29, 0.717) is 28.8 Å². The maximum absolute atomic E-state index is 12.4. The van der Waals surface area contributed by atoms with Gasteiger partial charge >= 0.3 is 0 Å². The predicted octanol–water partition coefficient (Wildman–Crippen LogP) is 4.02. The van der Waals surface area contributed by atoms with Gasteiger partial charge in [-0.25, -0.2) is 0 Å². The smallest absolute Gasteiger partial charge is 0.229 e. The van der Waals surface area contributed by atoms with E-state index < -0.39 is 0 Å². The van der Waals surface area contributed by atoms with Crippen LogP contribution in [0, 0.1) is 5.92 Å². The quantitative estimate of drug-likeness (QED) is 0.856. The maximum atomic E-state index is 12.4.